The highest BCUT2D eigenvalue weighted by Crippen LogP contribution is 2.32. The van der Waals surface area contributed by atoms with Gasteiger partial charge in [-0.1, -0.05) is 30.3 Å². The van der Waals surface area contributed by atoms with Crippen LogP contribution in [0.25, 0.3) is 0 Å². The number of halogens is 3. The Bertz CT molecular complexity index is 863. The molecule has 1 aromatic carbocycles. The van der Waals surface area contributed by atoms with Gasteiger partial charge >= 0.3 is 12.1 Å². The van der Waals surface area contributed by atoms with Crippen molar-refractivity contribution < 1.29 is 31.5 Å². The lowest BCUT2D eigenvalue weighted by Crippen LogP contribution is -2.42. The Morgan fingerprint density at radius 3 is 2.44 bits per heavy atom. The molecule has 1 heterocycles. The van der Waals surface area contributed by atoms with E-state index in [0.29, 0.717) is 16.4 Å². The van der Waals surface area contributed by atoms with Crippen molar-refractivity contribution in [2.45, 2.75) is 23.5 Å². The van der Waals surface area contributed by atoms with Crippen LogP contribution in [0.5, 0.6) is 0 Å². The Kier molecular flexibility index (Phi) is 5.18. The molecule has 136 valence electrons. The van der Waals surface area contributed by atoms with Gasteiger partial charge in [-0.05, 0) is 12.0 Å². The lowest BCUT2D eigenvalue weighted by atomic mass is 10.1. The van der Waals surface area contributed by atoms with Crippen LogP contribution in [-0.2, 0) is 34.5 Å². The van der Waals surface area contributed by atoms with E-state index in [-0.39, 0.29) is 6.42 Å². The number of aliphatic carboxylic acids is 1. The van der Waals surface area contributed by atoms with Gasteiger partial charge in [0.25, 0.3) is 0 Å². The van der Waals surface area contributed by atoms with E-state index < -0.39 is 38.8 Å². The van der Waals surface area contributed by atoms with E-state index in [2.05, 4.69) is 5.10 Å². The maximum absolute atomic E-state index is 13.0. The number of nitrogens with zero attached hydrogens (tertiary/aromatic N) is 2. The summed E-state index contributed by atoms with van der Waals surface area (Å²) >= 11 is 0. The summed E-state index contributed by atoms with van der Waals surface area (Å²) in [5, 5.41) is 12.3. The third-order valence-corrected chi connectivity index (χ3v) is 4.70. The van der Waals surface area contributed by atoms with Gasteiger partial charge in [0.2, 0.25) is 10.0 Å². The molecular weight excluding hydrogens is 363 g/mol. The summed E-state index contributed by atoms with van der Waals surface area (Å²) in [5.74, 6) is -1.51. The molecule has 2 rings (SSSR count). The molecule has 2 N–H and O–H groups in total. The Hall–Kier alpha value is -2.40. The smallest absolute Gasteiger partial charge is 0.436 e. The maximum atomic E-state index is 13.0. The van der Waals surface area contributed by atoms with Gasteiger partial charge in [-0.25, -0.2) is 8.42 Å². The normalized spacial score (nSPS) is 13.6. The van der Waals surface area contributed by atoms with E-state index in [4.69, 9.17) is 0 Å². The molecule has 0 aliphatic heterocycles. The van der Waals surface area contributed by atoms with Crippen LogP contribution in [0.2, 0.25) is 0 Å². The molecule has 0 aliphatic rings. The third-order valence-electron chi connectivity index (χ3n) is 3.23. The van der Waals surface area contributed by atoms with Crippen molar-refractivity contribution in [2.24, 2.45) is 7.05 Å². The lowest BCUT2D eigenvalue weighted by molar-refractivity contribution is -0.143. The SMILES string of the molecule is Cn1cc(S(=O)(=O)N[C@H](Cc2ccccc2)C(=O)O)c(C(F)(F)F)n1. The van der Waals surface area contributed by atoms with Crippen molar-refractivity contribution in [2.75, 3.05) is 0 Å². The average Bonchev–Trinajstić information content (AvgIpc) is 2.90. The molecule has 0 fully saturated rings. The van der Waals surface area contributed by atoms with Crippen LogP contribution in [0.1, 0.15) is 11.3 Å². The predicted octanol–water partition coefficient (Wildman–Crippen LogP) is 1.41. The number of alkyl halides is 3. The summed E-state index contributed by atoms with van der Waals surface area (Å²) in [5.41, 5.74) is -1.09. The minimum absolute atomic E-state index is 0.225. The van der Waals surface area contributed by atoms with Gasteiger partial charge in [0.1, 0.15) is 10.9 Å². The van der Waals surface area contributed by atoms with Crippen LogP contribution < -0.4 is 4.72 Å². The zero-order chi connectivity index (χ0) is 18.8. The summed E-state index contributed by atoms with van der Waals surface area (Å²) in [4.78, 5) is 10.2. The van der Waals surface area contributed by atoms with Gasteiger partial charge in [-0.3, -0.25) is 9.48 Å². The number of aryl methyl sites for hydroxylation is 1. The molecule has 11 heteroatoms. The standard InChI is InChI=1S/C14H14F3N3O4S/c1-20-8-11(12(18-20)14(15,16)17)25(23,24)19-10(13(21)22)7-9-5-3-2-4-6-9/h2-6,8,10,19H,7H2,1H3,(H,21,22)/t10-/m1/s1. The number of hydrogen-bond acceptors (Lipinski definition) is 4. The van der Waals surface area contributed by atoms with Gasteiger partial charge in [0.15, 0.2) is 5.69 Å². The fraction of sp³-hybridized carbons (Fsp3) is 0.286. The van der Waals surface area contributed by atoms with Gasteiger partial charge in [-0.15, -0.1) is 0 Å². The van der Waals surface area contributed by atoms with Crippen molar-refractivity contribution in [3.63, 3.8) is 0 Å². The molecule has 25 heavy (non-hydrogen) atoms. The average molecular weight is 377 g/mol. The zero-order valence-electron chi connectivity index (χ0n) is 12.9. The molecule has 0 amide bonds. The molecule has 0 unspecified atom stereocenters. The monoisotopic (exact) mass is 377 g/mol. The Balaban J connectivity index is 2.34. The maximum Gasteiger partial charge on any atom is 0.436 e. The van der Waals surface area contributed by atoms with E-state index >= 15 is 0 Å². The van der Waals surface area contributed by atoms with Crippen LogP contribution in [0.4, 0.5) is 13.2 Å². The summed E-state index contributed by atoms with van der Waals surface area (Å²) in [6, 6.07) is 6.48. The number of aromatic nitrogens is 2. The number of hydrogen-bond donors (Lipinski definition) is 2. The molecular formula is C14H14F3N3O4S. The molecule has 0 spiro atoms. The molecule has 1 atom stereocenters. The molecule has 0 bridgehead atoms. The summed E-state index contributed by atoms with van der Waals surface area (Å²) in [7, 11) is -3.62. The topological polar surface area (TPSA) is 101 Å². The quantitative estimate of drug-likeness (QED) is 0.793. The molecule has 2 aromatic rings. The second-order valence-corrected chi connectivity index (χ2v) is 6.90. The van der Waals surface area contributed by atoms with Gasteiger partial charge < -0.3 is 5.11 Å². The molecule has 0 radical (unpaired) electrons. The van der Waals surface area contributed by atoms with Crippen LogP contribution in [0.15, 0.2) is 41.4 Å². The summed E-state index contributed by atoms with van der Waals surface area (Å²) in [6.45, 7) is 0. The first-order valence-electron chi connectivity index (χ1n) is 6.90. The van der Waals surface area contributed by atoms with Gasteiger partial charge in [0.05, 0.1) is 0 Å². The largest absolute Gasteiger partial charge is 0.480 e. The number of carbonyl (C=O) groups is 1. The molecule has 0 saturated heterocycles. The molecule has 1 aromatic heterocycles. The first-order valence-corrected chi connectivity index (χ1v) is 8.39. The highest BCUT2D eigenvalue weighted by atomic mass is 32.2. The second kappa shape index (κ2) is 6.84. The molecule has 0 aliphatic carbocycles. The lowest BCUT2D eigenvalue weighted by Gasteiger charge is -2.15. The number of carboxylic acid groups (broad SMARTS) is 1. The fourth-order valence-corrected chi connectivity index (χ4v) is 3.53. The van der Waals surface area contributed by atoms with Crippen molar-refractivity contribution in [1.29, 1.82) is 0 Å². The van der Waals surface area contributed by atoms with E-state index in [1.54, 1.807) is 35.1 Å². The van der Waals surface area contributed by atoms with Crippen molar-refractivity contribution in [3.8, 4) is 0 Å². The van der Waals surface area contributed by atoms with Crippen molar-refractivity contribution in [1.82, 2.24) is 14.5 Å². The highest BCUT2D eigenvalue weighted by molar-refractivity contribution is 7.89. The van der Waals surface area contributed by atoms with E-state index in [9.17, 15) is 31.5 Å². The Morgan fingerprint density at radius 1 is 1.32 bits per heavy atom. The number of benzene rings is 1. The first kappa shape index (κ1) is 18.9. The van der Waals surface area contributed by atoms with E-state index in [0.717, 1.165) is 7.05 Å². The van der Waals surface area contributed by atoms with E-state index in [1.165, 1.54) is 0 Å². The minimum atomic E-state index is -5.00. The Morgan fingerprint density at radius 2 is 1.92 bits per heavy atom. The Labute approximate surface area is 141 Å². The van der Waals surface area contributed by atoms with Crippen LogP contribution in [-0.4, -0.2) is 35.3 Å². The van der Waals surface area contributed by atoms with Crippen molar-refractivity contribution >= 4 is 16.0 Å². The summed E-state index contributed by atoms with van der Waals surface area (Å²) in [6.07, 6.45) is -4.55. The number of rotatable bonds is 6. The van der Waals surface area contributed by atoms with Gasteiger partial charge in [-0.2, -0.15) is 23.0 Å². The fourth-order valence-electron chi connectivity index (χ4n) is 2.14. The van der Waals surface area contributed by atoms with E-state index in [1.807, 2.05) is 0 Å². The number of carboxylic acids is 1. The van der Waals surface area contributed by atoms with Gasteiger partial charge in [0, 0.05) is 13.2 Å². The van der Waals surface area contributed by atoms with Crippen molar-refractivity contribution in [3.05, 3.63) is 47.8 Å². The van der Waals surface area contributed by atoms with Crippen LogP contribution in [0, 0.1) is 0 Å². The second-order valence-electron chi connectivity index (χ2n) is 5.22. The third kappa shape index (κ3) is 4.57. The predicted molar refractivity (Wildman–Crippen MR) is 80.1 cm³/mol. The van der Waals surface area contributed by atoms with Crippen LogP contribution in [0.3, 0.4) is 0 Å². The molecule has 0 saturated carbocycles. The number of sulfonamides is 1. The summed E-state index contributed by atoms with van der Waals surface area (Å²) < 4.78 is 65.9. The molecule has 7 nitrogen and oxygen atoms in total. The zero-order valence-corrected chi connectivity index (χ0v) is 13.7. The van der Waals surface area contributed by atoms with Crippen LogP contribution >= 0.6 is 0 Å². The first-order chi connectivity index (χ1) is 11.5. The highest BCUT2D eigenvalue weighted by Gasteiger charge is 2.41. The number of nitrogens with one attached hydrogen (secondary N) is 1. The minimum Gasteiger partial charge on any atom is -0.480 e.